The van der Waals surface area contributed by atoms with Gasteiger partial charge in [-0.1, -0.05) is 12.1 Å². The summed E-state index contributed by atoms with van der Waals surface area (Å²) >= 11 is 0. The molecule has 1 aromatic heterocycles. The normalized spacial score (nSPS) is 9.80. The summed E-state index contributed by atoms with van der Waals surface area (Å²) in [6.07, 6.45) is 3.33. The summed E-state index contributed by atoms with van der Waals surface area (Å²) in [5.74, 6) is 0.933. The van der Waals surface area contributed by atoms with E-state index in [9.17, 15) is 4.79 Å². The number of benzene rings is 1. The van der Waals surface area contributed by atoms with Crippen LogP contribution >= 0.6 is 0 Å². The summed E-state index contributed by atoms with van der Waals surface area (Å²) in [6.45, 7) is 0.269. The summed E-state index contributed by atoms with van der Waals surface area (Å²) in [5, 5.41) is 8.93. The van der Waals surface area contributed by atoms with Gasteiger partial charge >= 0.3 is 0 Å². The Morgan fingerprint density at radius 3 is 3.00 bits per heavy atom. The fourth-order valence-corrected chi connectivity index (χ4v) is 1.63. The Hall–Kier alpha value is -2.81. The molecule has 0 aliphatic rings. The fourth-order valence-electron chi connectivity index (χ4n) is 1.63. The molecule has 0 atom stereocenters. The van der Waals surface area contributed by atoms with Crippen LogP contribution in [0.4, 0.5) is 0 Å². The van der Waals surface area contributed by atoms with E-state index in [0.29, 0.717) is 23.7 Å². The molecule has 2 aromatic rings. The Bertz CT molecular complexity index is 616. The molecule has 0 bridgehead atoms. The van der Waals surface area contributed by atoms with Gasteiger partial charge < -0.3 is 14.6 Å². The molecule has 0 saturated carbocycles. The van der Waals surface area contributed by atoms with Crippen LogP contribution in [0.5, 0.6) is 5.75 Å². The number of hydrogen-bond donors (Lipinski definition) is 1. The molecule has 0 aliphatic heterocycles. The van der Waals surface area contributed by atoms with E-state index in [1.165, 1.54) is 4.90 Å². The van der Waals surface area contributed by atoms with E-state index in [1.807, 2.05) is 6.07 Å². The molecule has 2 rings (SSSR count). The van der Waals surface area contributed by atoms with Crippen LogP contribution in [-0.2, 0) is 11.3 Å². The van der Waals surface area contributed by atoms with Gasteiger partial charge in [0.05, 0.1) is 12.1 Å². The van der Waals surface area contributed by atoms with Crippen molar-refractivity contribution in [2.75, 3.05) is 13.7 Å². The van der Waals surface area contributed by atoms with E-state index >= 15 is 0 Å². The number of H-pyrrole nitrogens is 1. The molecule has 0 unspecified atom stereocenters. The molecule has 1 amide bonds. The number of aromatic nitrogens is 2. The number of para-hydroxylation sites is 1. The van der Waals surface area contributed by atoms with Crippen molar-refractivity contribution < 1.29 is 9.53 Å². The molecule has 6 heteroatoms. The van der Waals surface area contributed by atoms with Gasteiger partial charge in [-0.3, -0.25) is 4.79 Å². The van der Waals surface area contributed by atoms with E-state index in [4.69, 9.17) is 10.00 Å². The van der Waals surface area contributed by atoms with E-state index < -0.39 is 0 Å². The lowest BCUT2D eigenvalue weighted by molar-refractivity contribution is -0.132. The average molecular weight is 270 g/mol. The van der Waals surface area contributed by atoms with Crippen molar-refractivity contribution in [1.29, 1.82) is 5.26 Å². The van der Waals surface area contributed by atoms with Gasteiger partial charge in [0.15, 0.2) is 6.61 Å². The number of carbonyl (C=O) groups is 1. The molecule has 1 heterocycles. The van der Waals surface area contributed by atoms with Crippen molar-refractivity contribution in [2.45, 2.75) is 6.54 Å². The molecule has 0 radical (unpaired) electrons. The highest BCUT2D eigenvalue weighted by Crippen LogP contribution is 2.16. The van der Waals surface area contributed by atoms with Crippen LogP contribution in [0.25, 0.3) is 0 Å². The van der Waals surface area contributed by atoms with Crippen molar-refractivity contribution >= 4 is 5.91 Å². The highest BCUT2D eigenvalue weighted by atomic mass is 16.5. The molecule has 20 heavy (non-hydrogen) atoms. The van der Waals surface area contributed by atoms with Crippen molar-refractivity contribution in [1.82, 2.24) is 14.9 Å². The molecule has 0 aliphatic carbocycles. The van der Waals surface area contributed by atoms with Crippen molar-refractivity contribution in [3.05, 3.63) is 48.0 Å². The SMILES string of the molecule is CN(Cc1ncc[nH]1)C(=O)COc1ccccc1C#N. The Kier molecular flexibility index (Phi) is 4.35. The molecule has 102 valence electrons. The Morgan fingerprint density at radius 2 is 2.30 bits per heavy atom. The van der Waals surface area contributed by atoms with Crippen molar-refractivity contribution in [3.8, 4) is 11.8 Å². The number of nitrogens with one attached hydrogen (secondary N) is 1. The molecular formula is C14H14N4O2. The van der Waals surface area contributed by atoms with Crippen LogP contribution < -0.4 is 4.74 Å². The number of imidazole rings is 1. The maximum atomic E-state index is 11.9. The second-order valence-corrected chi connectivity index (χ2v) is 4.18. The minimum atomic E-state index is -0.186. The van der Waals surface area contributed by atoms with Crippen LogP contribution in [0, 0.1) is 11.3 Å². The van der Waals surface area contributed by atoms with E-state index in [-0.39, 0.29) is 12.5 Å². The number of rotatable bonds is 5. The zero-order valence-electron chi connectivity index (χ0n) is 11.0. The first-order valence-electron chi connectivity index (χ1n) is 6.05. The van der Waals surface area contributed by atoms with Crippen molar-refractivity contribution in [2.24, 2.45) is 0 Å². The highest BCUT2D eigenvalue weighted by molar-refractivity contribution is 5.77. The fraction of sp³-hybridized carbons (Fsp3) is 0.214. The Morgan fingerprint density at radius 1 is 1.50 bits per heavy atom. The zero-order valence-corrected chi connectivity index (χ0v) is 11.0. The molecule has 0 spiro atoms. The Labute approximate surface area is 116 Å². The van der Waals surface area contributed by atoms with Gasteiger partial charge in [-0.25, -0.2) is 4.98 Å². The largest absolute Gasteiger partial charge is 0.482 e. The number of carbonyl (C=O) groups excluding carboxylic acids is 1. The van der Waals surface area contributed by atoms with Crippen molar-refractivity contribution in [3.63, 3.8) is 0 Å². The van der Waals surface area contributed by atoms with Crippen LogP contribution in [0.15, 0.2) is 36.7 Å². The predicted molar refractivity (Wildman–Crippen MR) is 71.7 cm³/mol. The number of ether oxygens (including phenoxy) is 1. The lowest BCUT2D eigenvalue weighted by atomic mass is 10.2. The first-order chi connectivity index (χ1) is 9.70. The quantitative estimate of drug-likeness (QED) is 0.888. The standard InChI is InChI=1S/C14H14N4O2/c1-18(9-13-16-6-7-17-13)14(19)10-20-12-5-3-2-4-11(12)8-15/h2-7H,9-10H2,1H3,(H,16,17). The summed E-state index contributed by atoms with van der Waals surface area (Å²) in [4.78, 5) is 20.4. The van der Waals surface area contributed by atoms with Gasteiger partial charge in [0.25, 0.3) is 5.91 Å². The molecule has 6 nitrogen and oxygen atoms in total. The van der Waals surface area contributed by atoms with Gasteiger partial charge in [-0.05, 0) is 12.1 Å². The number of aromatic amines is 1. The van der Waals surface area contributed by atoms with Crippen LogP contribution in [0.3, 0.4) is 0 Å². The van der Waals surface area contributed by atoms with Crippen LogP contribution in [-0.4, -0.2) is 34.4 Å². The van der Waals surface area contributed by atoms with Crippen LogP contribution in [0.2, 0.25) is 0 Å². The van der Waals surface area contributed by atoms with Gasteiger partial charge in [-0.2, -0.15) is 5.26 Å². The van der Waals surface area contributed by atoms with E-state index in [1.54, 1.807) is 43.7 Å². The summed E-state index contributed by atoms with van der Waals surface area (Å²) in [6, 6.07) is 8.83. The average Bonchev–Trinajstić information content (AvgIpc) is 2.97. The highest BCUT2D eigenvalue weighted by Gasteiger charge is 2.12. The summed E-state index contributed by atoms with van der Waals surface area (Å²) in [7, 11) is 1.67. The lowest BCUT2D eigenvalue weighted by Crippen LogP contribution is -2.31. The number of amides is 1. The third kappa shape index (κ3) is 3.36. The maximum absolute atomic E-state index is 11.9. The second kappa shape index (κ2) is 6.38. The molecule has 0 saturated heterocycles. The monoisotopic (exact) mass is 270 g/mol. The van der Waals surface area contributed by atoms with Crippen LogP contribution in [0.1, 0.15) is 11.4 Å². The molecule has 0 fully saturated rings. The Balaban J connectivity index is 1.90. The third-order valence-electron chi connectivity index (χ3n) is 2.73. The van der Waals surface area contributed by atoms with Gasteiger partial charge in [0, 0.05) is 19.4 Å². The van der Waals surface area contributed by atoms with E-state index in [0.717, 1.165) is 0 Å². The number of nitrogens with zero attached hydrogens (tertiary/aromatic N) is 3. The molecule has 1 aromatic carbocycles. The van der Waals surface area contributed by atoms with Gasteiger partial charge in [-0.15, -0.1) is 0 Å². The smallest absolute Gasteiger partial charge is 0.260 e. The number of nitriles is 1. The topological polar surface area (TPSA) is 82.0 Å². The molecular weight excluding hydrogens is 256 g/mol. The third-order valence-corrected chi connectivity index (χ3v) is 2.73. The van der Waals surface area contributed by atoms with Gasteiger partial charge in [0.1, 0.15) is 17.6 Å². The summed E-state index contributed by atoms with van der Waals surface area (Å²) < 4.78 is 5.39. The minimum Gasteiger partial charge on any atom is -0.482 e. The second-order valence-electron chi connectivity index (χ2n) is 4.18. The zero-order chi connectivity index (χ0) is 14.4. The van der Waals surface area contributed by atoms with E-state index in [2.05, 4.69) is 9.97 Å². The lowest BCUT2D eigenvalue weighted by Gasteiger charge is -2.16. The molecule has 1 N–H and O–H groups in total. The minimum absolute atomic E-state index is 0.115. The predicted octanol–water partition coefficient (Wildman–Crippen LogP) is 1.32. The first-order valence-corrected chi connectivity index (χ1v) is 6.05. The first kappa shape index (κ1) is 13.6. The number of likely N-dealkylation sites (N-methyl/N-ethyl adjacent to an activating group) is 1. The maximum Gasteiger partial charge on any atom is 0.260 e. The van der Waals surface area contributed by atoms with Gasteiger partial charge in [0.2, 0.25) is 0 Å². The summed E-state index contributed by atoms with van der Waals surface area (Å²) in [5.41, 5.74) is 0.411. The number of hydrogen-bond acceptors (Lipinski definition) is 4.